The SMILES string of the molecule is COC(=O)/C=C/c1cc2ccsc2c(Cl)c1Cl. The average Bonchev–Trinajstić information content (AvgIpc) is 2.79. The zero-order valence-corrected chi connectivity index (χ0v) is 11.2. The van der Waals surface area contributed by atoms with Crippen molar-refractivity contribution in [1.29, 1.82) is 0 Å². The fourth-order valence-electron chi connectivity index (χ4n) is 1.42. The largest absolute Gasteiger partial charge is 0.466 e. The first-order chi connectivity index (χ1) is 8.13. The Labute approximate surface area is 112 Å². The van der Waals surface area contributed by atoms with Crippen LogP contribution in [0.4, 0.5) is 0 Å². The van der Waals surface area contributed by atoms with Gasteiger partial charge in [-0.3, -0.25) is 0 Å². The molecule has 0 saturated carbocycles. The van der Waals surface area contributed by atoms with Crippen molar-refractivity contribution in [2.75, 3.05) is 7.11 Å². The molecule has 0 N–H and O–H groups in total. The summed E-state index contributed by atoms with van der Waals surface area (Å²) in [5, 5.41) is 3.92. The van der Waals surface area contributed by atoms with E-state index in [-0.39, 0.29) is 0 Å². The van der Waals surface area contributed by atoms with Gasteiger partial charge in [-0.15, -0.1) is 11.3 Å². The van der Waals surface area contributed by atoms with Gasteiger partial charge in [-0.1, -0.05) is 23.2 Å². The third-order valence-corrected chi connectivity index (χ3v) is 4.19. The lowest BCUT2D eigenvalue weighted by molar-refractivity contribution is -0.134. The minimum Gasteiger partial charge on any atom is -0.466 e. The number of thiophene rings is 1. The molecule has 0 aliphatic heterocycles. The molecule has 5 heteroatoms. The van der Waals surface area contributed by atoms with Crippen molar-refractivity contribution in [3.05, 3.63) is 39.2 Å². The molecule has 17 heavy (non-hydrogen) atoms. The number of halogens is 2. The molecule has 2 nitrogen and oxygen atoms in total. The Bertz CT molecular complexity index is 602. The summed E-state index contributed by atoms with van der Waals surface area (Å²) in [5.74, 6) is -0.428. The number of fused-ring (bicyclic) bond motifs is 1. The smallest absolute Gasteiger partial charge is 0.330 e. The van der Waals surface area contributed by atoms with Crippen LogP contribution < -0.4 is 0 Å². The average molecular weight is 287 g/mol. The highest BCUT2D eigenvalue weighted by molar-refractivity contribution is 7.18. The van der Waals surface area contributed by atoms with Crippen molar-refractivity contribution in [2.45, 2.75) is 0 Å². The summed E-state index contributed by atoms with van der Waals surface area (Å²) in [6.07, 6.45) is 2.91. The Kier molecular flexibility index (Phi) is 3.72. The maximum absolute atomic E-state index is 11.0. The Balaban J connectivity index is 2.50. The molecule has 1 heterocycles. The molecule has 2 rings (SSSR count). The van der Waals surface area contributed by atoms with Crippen LogP contribution in [0.5, 0.6) is 0 Å². The van der Waals surface area contributed by atoms with E-state index in [1.807, 2.05) is 17.5 Å². The highest BCUT2D eigenvalue weighted by Gasteiger charge is 2.09. The monoisotopic (exact) mass is 286 g/mol. The van der Waals surface area contributed by atoms with Gasteiger partial charge in [0.25, 0.3) is 0 Å². The summed E-state index contributed by atoms with van der Waals surface area (Å²) in [7, 11) is 1.32. The van der Waals surface area contributed by atoms with Gasteiger partial charge in [0.2, 0.25) is 0 Å². The fourth-order valence-corrected chi connectivity index (χ4v) is 2.85. The summed E-state index contributed by atoms with van der Waals surface area (Å²) in [6.45, 7) is 0. The number of carbonyl (C=O) groups is 1. The first-order valence-corrected chi connectivity index (χ1v) is 6.38. The zero-order valence-electron chi connectivity index (χ0n) is 8.87. The third kappa shape index (κ3) is 2.46. The number of hydrogen-bond donors (Lipinski definition) is 0. The van der Waals surface area contributed by atoms with Crippen LogP contribution >= 0.6 is 34.5 Å². The van der Waals surface area contributed by atoms with Crippen LogP contribution in [0.3, 0.4) is 0 Å². The minimum absolute atomic E-state index is 0.428. The molecule has 0 aliphatic carbocycles. The molecule has 0 atom stereocenters. The number of carbonyl (C=O) groups excluding carboxylic acids is 1. The molecule has 0 unspecified atom stereocenters. The van der Waals surface area contributed by atoms with Crippen molar-refractivity contribution in [3.63, 3.8) is 0 Å². The van der Waals surface area contributed by atoms with Crippen molar-refractivity contribution >= 4 is 56.7 Å². The highest BCUT2D eigenvalue weighted by Crippen LogP contribution is 2.37. The van der Waals surface area contributed by atoms with Crippen molar-refractivity contribution < 1.29 is 9.53 Å². The number of rotatable bonds is 2. The van der Waals surface area contributed by atoms with E-state index < -0.39 is 5.97 Å². The minimum atomic E-state index is -0.428. The molecule has 0 amide bonds. The standard InChI is InChI=1S/C12H8Cl2O2S/c1-16-9(15)3-2-7-6-8-4-5-17-12(8)11(14)10(7)13/h2-6H,1H3/b3-2+. The van der Waals surface area contributed by atoms with Crippen molar-refractivity contribution in [1.82, 2.24) is 0 Å². The third-order valence-electron chi connectivity index (χ3n) is 2.25. The maximum atomic E-state index is 11.0. The lowest BCUT2D eigenvalue weighted by Crippen LogP contribution is -1.93. The van der Waals surface area contributed by atoms with Gasteiger partial charge in [0.05, 0.1) is 21.9 Å². The van der Waals surface area contributed by atoms with Crippen LogP contribution in [0.15, 0.2) is 23.6 Å². The molecule has 88 valence electrons. The molecular weight excluding hydrogens is 279 g/mol. The quantitative estimate of drug-likeness (QED) is 0.604. The molecule has 0 radical (unpaired) electrons. The highest BCUT2D eigenvalue weighted by atomic mass is 35.5. The van der Waals surface area contributed by atoms with Crippen LogP contribution in [0, 0.1) is 0 Å². The van der Waals surface area contributed by atoms with E-state index in [1.165, 1.54) is 24.5 Å². The van der Waals surface area contributed by atoms with E-state index in [2.05, 4.69) is 4.74 Å². The fraction of sp³-hybridized carbons (Fsp3) is 0.0833. The molecule has 2 aromatic rings. The second-order valence-electron chi connectivity index (χ2n) is 3.29. The van der Waals surface area contributed by atoms with Crippen LogP contribution in [0.2, 0.25) is 10.0 Å². The topological polar surface area (TPSA) is 26.3 Å². The summed E-state index contributed by atoms with van der Waals surface area (Å²) in [5.41, 5.74) is 0.702. The lowest BCUT2D eigenvalue weighted by Gasteiger charge is -2.02. The number of hydrogen-bond acceptors (Lipinski definition) is 3. The number of methoxy groups -OCH3 is 1. The summed E-state index contributed by atoms with van der Waals surface area (Å²) >= 11 is 13.8. The predicted octanol–water partition coefficient (Wildman–Crippen LogP) is 4.39. The normalized spacial score (nSPS) is 11.2. The number of benzene rings is 1. The molecule has 1 aromatic heterocycles. The lowest BCUT2D eigenvalue weighted by atomic mass is 10.1. The van der Waals surface area contributed by atoms with E-state index in [4.69, 9.17) is 23.2 Å². The number of ether oxygens (including phenoxy) is 1. The summed E-state index contributed by atoms with van der Waals surface area (Å²) < 4.78 is 5.47. The first-order valence-electron chi connectivity index (χ1n) is 4.74. The molecule has 1 aromatic carbocycles. The number of esters is 1. The first kappa shape index (κ1) is 12.4. The van der Waals surface area contributed by atoms with Crippen LogP contribution in [-0.2, 0) is 9.53 Å². The van der Waals surface area contributed by atoms with Gasteiger partial charge in [-0.05, 0) is 34.5 Å². The Morgan fingerprint density at radius 1 is 1.41 bits per heavy atom. The maximum Gasteiger partial charge on any atom is 0.330 e. The molecule has 0 fully saturated rings. The van der Waals surface area contributed by atoms with E-state index in [9.17, 15) is 4.79 Å². The van der Waals surface area contributed by atoms with E-state index in [1.54, 1.807) is 6.08 Å². The van der Waals surface area contributed by atoms with Crippen LogP contribution in [0.25, 0.3) is 16.2 Å². The van der Waals surface area contributed by atoms with E-state index in [0.717, 1.165) is 10.1 Å². The van der Waals surface area contributed by atoms with Gasteiger partial charge in [-0.25, -0.2) is 4.79 Å². The second kappa shape index (κ2) is 5.08. The summed E-state index contributed by atoms with van der Waals surface area (Å²) in [6, 6.07) is 3.84. The molecular formula is C12H8Cl2O2S. The van der Waals surface area contributed by atoms with Crippen molar-refractivity contribution in [2.24, 2.45) is 0 Å². The van der Waals surface area contributed by atoms with E-state index in [0.29, 0.717) is 15.6 Å². The predicted molar refractivity (Wildman–Crippen MR) is 72.9 cm³/mol. The van der Waals surface area contributed by atoms with Gasteiger partial charge >= 0.3 is 5.97 Å². The van der Waals surface area contributed by atoms with Gasteiger partial charge < -0.3 is 4.74 Å². The molecule has 0 spiro atoms. The Morgan fingerprint density at radius 2 is 2.18 bits per heavy atom. The van der Waals surface area contributed by atoms with Crippen molar-refractivity contribution in [3.8, 4) is 0 Å². The van der Waals surface area contributed by atoms with Gasteiger partial charge in [0.1, 0.15) is 0 Å². The van der Waals surface area contributed by atoms with Crippen LogP contribution in [-0.4, -0.2) is 13.1 Å². The molecule has 0 bridgehead atoms. The van der Waals surface area contributed by atoms with Gasteiger partial charge in [0.15, 0.2) is 0 Å². The van der Waals surface area contributed by atoms with Crippen LogP contribution in [0.1, 0.15) is 5.56 Å². The molecule has 0 saturated heterocycles. The molecule has 0 aliphatic rings. The second-order valence-corrected chi connectivity index (χ2v) is 4.96. The summed E-state index contributed by atoms with van der Waals surface area (Å²) in [4.78, 5) is 11.0. The zero-order chi connectivity index (χ0) is 12.4. The van der Waals surface area contributed by atoms with E-state index >= 15 is 0 Å². The van der Waals surface area contributed by atoms with Gasteiger partial charge in [0, 0.05) is 6.08 Å². The van der Waals surface area contributed by atoms with Gasteiger partial charge in [-0.2, -0.15) is 0 Å². The Morgan fingerprint density at radius 3 is 2.88 bits per heavy atom. The Hall–Kier alpha value is -1.03.